The van der Waals surface area contributed by atoms with Crippen LogP contribution in [0.2, 0.25) is 0 Å². The monoisotopic (exact) mass is 226 g/mol. The normalized spacial score (nSPS) is 13.8. The van der Waals surface area contributed by atoms with Crippen molar-refractivity contribution in [2.45, 2.75) is 31.2 Å². The molecule has 0 fully saturated rings. The zero-order valence-corrected chi connectivity index (χ0v) is 9.84. The molecule has 0 amide bonds. The Kier molecular flexibility index (Phi) is 3.88. The summed E-state index contributed by atoms with van der Waals surface area (Å²) in [6.07, 6.45) is 0.624. The Morgan fingerprint density at radius 1 is 1.27 bits per heavy atom. The largest absolute Gasteiger partial charge is 0.250 e. The standard InChI is InChI=1S/C11H16NO2S/c1-3-8-15(13,14)11-6-4-10(5-7-11)9(2)12/h4-7,9,12H,3,8H2,1-2H3. The zero-order valence-electron chi connectivity index (χ0n) is 9.03. The predicted molar refractivity (Wildman–Crippen MR) is 60.3 cm³/mol. The third-order valence-corrected chi connectivity index (χ3v) is 4.15. The highest BCUT2D eigenvalue weighted by atomic mass is 32.2. The molecule has 0 spiro atoms. The number of hydrogen-bond acceptors (Lipinski definition) is 2. The molecule has 1 rings (SSSR count). The highest BCUT2D eigenvalue weighted by molar-refractivity contribution is 7.91. The lowest BCUT2D eigenvalue weighted by atomic mass is 10.1. The van der Waals surface area contributed by atoms with Crippen LogP contribution in [0.25, 0.3) is 0 Å². The quantitative estimate of drug-likeness (QED) is 0.790. The van der Waals surface area contributed by atoms with Crippen LogP contribution >= 0.6 is 0 Å². The van der Waals surface area contributed by atoms with Gasteiger partial charge in [0.2, 0.25) is 0 Å². The molecule has 0 saturated carbocycles. The number of hydrogen-bond donors (Lipinski definition) is 0. The smallest absolute Gasteiger partial charge is 0.178 e. The Morgan fingerprint density at radius 3 is 2.20 bits per heavy atom. The Morgan fingerprint density at radius 2 is 1.80 bits per heavy atom. The topological polar surface area (TPSA) is 57.9 Å². The fraction of sp³-hybridized carbons (Fsp3) is 0.455. The molecule has 0 bridgehead atoms. The van der Waals surface area contributed by atoms with E-state index >= 15 is 0 Å². The number of sulfone groups is 1. The molecule has 0 saturated heterocycles. The van der Waals surface area contributed by atoms with E-state index < -0.39 is 9.84 Å². The van der Waals surface area contributed by atoms with E-state index in [1.165, 1.54) is 0 Å². The fourth-order valence-electron chi connectivity index (χ4n) is 1.35. The van der Waals surface area contributed by atoms with E-state index in [4.69, 9.17) is 5.73 Å². The Hall–Kier alpha value is -0.870. The van der Waals surface area contributed by atoms with Gasteiger partial charge in [-0.1, -0.05) is 19.1 Å². The van der Waals surface area contributed by atoms with E-state index in [9.17, 15) is 8.42 Å². The molecule has 1 N–H and O–H groups in total. The van der Waals surface area contributed by atoms with Crippen molar-refractivity contribution in [3.63, 3.8) is 0 Å². The molecule has 1 aromatic rings. The maximum atomic E-state index is 11.7. The van der Waals surface area contributed by atoms with Gasteiger partial charge in [0.25, 0.3) is 0 Å². The van der Waals surface area contributed by atoms with Crippen LogP contribution in [0, 0.1) is 0 Å². The second-order valence-corrected chi connectivity index (χ2v) is 5.72. The third kappa shape index (κ3) is 3.04. The fourth-order valence-corrected chi connectivity index (χ4v) is 2.67. The predicted octanol–water partition coefficient (Wildman–Crippen LogP) is 2.21. The molecule has 4 heteroatoms. The van der Waals surface area contributed by atoms with E-state index in [0.29, 0.717) is 11.3 Å². The van der Waals surface area contributed by atoms with Gasteiger partial charge in [0, 0.05) is 6.04 Å². The molecule has 0 heterocycles. The Balaban J connectivity index is 2.99. The summed E-state index contributed by atoms with van der Waals surface area (Å²) >= 11 is 0. The van der Waals surface area contributed by atoms with Crippen LogP contribution in [0.1, 0.15) is 31.9 Å². The summed E-state index contributed by atoms with van der Waals surface area (Å²) in [4.78, 5) is 0.355. The van der Waals surface area contributed by atoms with Gasteiger partial charge in [-0.2, -0.15) is 0 Å². The second-order valence-electron chi connectivity index (χ2n) is 3.61. The molecule has 83 valence electrons. The lowest BCUT2D eigenvalue weighted by Gasteiger charge is -2.06. The molecule has 0 aliphatic heterocycles. The van der Waals surface area contributed by atoms with Crippen LogP contribution in [0.4, 0.5) is 0 Å². The first-order valence-electron chi connectivity index (χ1n) is 5.01. The third-order valence-electron chi connectivity index (χ3n) is 2.21. The van der Waals surface area contributed by atoms with Gasteiger partial charge in [-0.15, -0.1) is 0 Å². The molecule has 1 radical (unpaired) electrons. The summed E-state index contributed by atoms with van der Waals surface area (Å²) in [6.45, 7) is 3.60. The van der Waals surface area contributed by atoms with Crippen LogP contribution in [-0.2, 0) is 9.84 Å². The van der Waals surface area contributed by atoms with Crippen molar-refractivity contribution in [1.82, 2.24) is 5.73 Å². The van der Waals surface area contributed by atoms with E-state index in [-0.39, 0.29) is 11.8 Å². The van der Waals surface area contributed by atoms with Gasteiger partial charge < -0.3 is 0 Å². The van der Waals surface area contributed by atoms with Crippen molar-refractivity contribution < 1.29 is 8.42 Å². The molecule has 1 aromatic carbocycles. The first-order chi connectivity index (χ1) is 6.97. The summed E-state index contributed by atoms with van der Waals surface area (Å²) < 4.78 is 23.3. The molecule has 1 atom stereocenters. The molecule has 15 heavy (non-hydrogen) atoms. The van der Waals surface area contributed by atoms with Crippen molar-refractivity contribution in [3.8, 4) is 0 Å². The lowest BCUT2D eigenvalue weighted by molar-refractivity contribution is 0.594. The number of rotatable bonds is 4. The maximum absolute atomic E-state index is 11.7. The molecule has 0 aliphatic rings. The summed E-state index contributed by atoms with van der Waals surface area (Å²) in [5.41, 5.74) is 8.32. The molecule has 0 aliphatic carbocycles. The second kappa shape index (κ2) is 4.77. The van der Waals surface area contributed by atoms with Crippen LogP contribution in [-0.4, -0.2) is 14.2 Å². The van der Waals surface area contributed by atoms with Crippen molar-refractivity contribution in [1.29, 1.82) is 0 Å². The maximum Gasteiger partial charge on any atom is 0.178 e. The van der Waals surface area contributed by atoms with Gasteiger partial charge >= 0.3 is 0 Å². The van der Waals surface area contributed by atoms with Crippen molar-refractivity contribution in [3.05, 3.63) is 29.8 Å². The van der Waals surface area contributed by atoms with Crippen LogP contribution < -0.4 is 5.73 Å². The zero-order chi connectivity index (χ0) is 11.5. The van der Waals surface area contributed by atoms with Gasteiger partial charge in [-0.05, 0) is 31.0 Å². The van der Waals surface area contributed by atoms with Gasteiger partial charge in [0.1, 0.15) is 0 Å². The average Bonchev–Trinajstić information content (AvgIpc) is 2.18. The first-order valence-corrected chi connectivity index (χ1v) is 6.66. The average molecular weight is 226 g/mol. The molecular weight excluding hydrogens is 210 g/mol. The van der Waals surface area contributed by atoms with E-state index in [1.807, 2.05) is 6.92 Å². The molecule has 1 unspecified atom stereocenters. The highest BCUT2D eigenvalue weighted by Crippen LogP contribution is 2.16. The first kappa shape index (κ1) is 12.2. The minimum absolute atomic E-state index is 0.183. The molecule has 3 nitrogen and oxygen atoms in total. The highest BCUT2D eigenvalue weighted by Gasteiger charge is 2.12. The summed E-state index contributed by atoms with van der Waals surface area (Å²) in [6, 6.07) is 6.28. The number of nitrogens with one attached hydrogen (secondary N) is 1. The Bertz CT molecular complexity index is 407. The van der Waals surface area contributed by atoms with Gasteiger partial charge in [-0.3, -0.25) is 5.73 Å². The minimum atomic E-state index is -3.11. The van der Waals surface area contributed by atoms with Crippen LogP contribution in [0.5, 0.6) is 0 Å². The van der Waals surface area contributed by atoms with Crippen molar-refractivity contribution >= 4 is 9.84 Å². The molecule has 0 aromatic heterocycles. The SMILES string of the molecule is CCCS(=O)(=O)c1ccc(C(C)[NH])cc1. The van der Waals surface area contributed by atoms with Crippen molar-refractivity contribution in [2.24, 2.45) is 0 Å². The number of benzene rings is 1. The Labute approximate surface area is 91.2 Å². The van der Waals surface area contributed by atoms with E-state index in [2.05, 4.69) is 0 Å². The van der Waals surface area contributed by atoms with Gasteiger partial charge in [-0.25, -0.2) is 8.42 Å². The van der Waals surface area contributed by atoms with E-state index in [1.54, 1.807) is 31.2 Å². The van der Waals surface area contributed by atoms with Gasteiger partial charge in [0.05, 0.1) is 10.6 Å². The van der Waals surface area contributed by atoms with Crippen molar-refractivity contribution in [2.75, 3.05) is 5.75 Å². The van der Waals surface area contributed by atoms with Crippen LogP contribution in [0.15, 0.2) is 29.2 Å². The summed E-state index contributed by atoms with van der Waals surface area (Å²) in [5, 5.41) is 0. The summed E-state index contributed by atoms with van der Waals surface area (Å²) in [7, 11) is -3.11. The van der Waals surface area contributed by atoms with E-state index in [0.717, 1.165) is 5.56 Å². The minimum Gasteiger partial charge on any atom is -0.250 e. The molecular formula is C11H16NO2S. The van der Waals surface area contributed by atoms with Crippen LogP contribution in [0.3, 0.4) is 0 Å². The van der Waals surface area contributed by atoms with Gasteiger partial charge in [0.15, 0.2) is 9.84 Å². The summed E-state index contributed by atoms with van der Waals surface area (Å²) in [5.74, 6) is 0.183. The lowest BCUT2D eigenvalue weighted by Crippen LogP contribution is -2.06.